The lowest BCUT2D eigenvalue weighted by atomic mass is 9.94. The molecule has 1 aromatic carbocycles. The zero-order chi connectivity index (χ0) is 14.3. The third-order valence-electron chi connectivity index (χ3n) is 4.22. The molecule has 1 aliphatic rings. The molecule has 3 heteroatoms. The van der Waals surface area contributed by atoms with E-state index in [-0.39, 0.29) is 0 Å². The first-order chi connectivity index (χ1) is 9.56. The molecule has 0 atom stereocenters. The minimum Gasteiger partial charge on any atom is -0.374 e. The summed E-state index contributed by atoms with van der Waals surface area (Å²) in [5, 5.41) is 4.47. The topological polar surface area (TPSA) is 21.1 Å². The van der Waals surface area contributed by atoms with Crippen LogP contribution in [0.3, 0.4) is 0 Å². The highest BCUT2D eigenvalue weighted by atomic mass is 15.3. The van der Waals surface area contributed by atoms with Gasteiger partial charge in [0, 0.05) is 37.1 Å². The second-order valence-corrected chi connectivity index (χ2v) is 6.12. The number of rotatable bonds is 2. The molecule has 0 saturated carbocycles. The van der Waals surface area contributed by atoms with Crippen LogP contribution in [0.5, 0.6) is 0 Å². The molecule has 0 aliphatic carbocycles. The number of anilines is 1. The lowest BCUT2D eigenvalue weighted by Gasteiger charge is -2.28. The molecule has 20 heavy (non-hydrogen) atoms. The van der Waals surface area contributed by atoms with Gasteiger partial charge in [0.05, 0.1) is 6.20 Å². The van der Waals surface area contributed by atoms with Gasteiger partial charge in [-0.2, -0.15) is 5.10 Å². The van der Waals surface area contributed by atoms with Crippen LogP contribution in [0.2, 0.25) is 0 Å². The summed E-state index contributed by atoms with van der Waals surface area (Å²) in [5.74, 6) is 0. The minimum absolute atomic E-state index is 0.410. The number of hydrogen-bond acceptors (Lipinski definition) is 2. The van der Waals surface area contributed by atoms with Crippen molar-refractivity contribution in [3.8, 4) is 11.1 Å². The largest absolute Gasteiger partial charge is 0.374 e. The van der Waals surface area contributed by atoms with Gasteiger partial charge in [0.25, 0.3) is 0 Å². The van der Waals surface area contributed by atoms with Gasteiger partial charge in [-0.1, -0.05) is 0 Å². The first-order valence-electron chi connectivity index (χ1n) is 7.45. The lowest BCUT2D eigenvalue weighted by Crippen LogP contribution is -2.24. The van der Waals surface area contributed by atoms with E-state index in [9.17, 15) is 0 Å². The molecular weight excluding hydrogens is 246 g/mol. The zero-order valence-corrected chi connectivity index (χ0v) is 12.8. The van der Waals surface area contributed by atoms with E-state index in [1.165, 1.54) is 40.8 Å². The van der Waals surface area contributed by atoms with E-state index in [1.807, 2.05) is 10.9 Å². The summed E-state index contributed by atoms with van der Waals surface area (Å²) in [7, 11) is 2.19. The molecule has 106 valence electrons. The molecule has 0 amide bonds. The Morgan fingerprint density at radius 1 is 1.25 bits per heavy atom. The van der Waals surface area contributed by atoms with Crippen LogP contribution >= 0.6 is 0 Å². The quantitative estimate of drug-likeness (QED) is 0.826. The van der Waals surface area contributed by atoms with Crippen LogP contribution in [0.4, 0.5) is 5.69 Å². The van der Waals surface area contributed by atoms with Gasteiger partial charge in [-0.3, -0.25) is 4.68 Å². The Balaban J connectivity index is 2.05. The number of aromatic nitrogens is 2. The van der Waals surface area contributed by atoms with E-state index in [0.717, 1.165) is 6.54 Å². The molecule has 1 aromatic heterocycles. The van der Waals surface area contributed by atoms with E-state index in [4.69, 9.17) is 0 Å². The van der Waals surface area contributed by atoms with Crippen LogP contribution in [-0.4, -0.2) is 23.4 Å². The number of fused-ring (bicyclic) bond motifs is 1. The molecule has 0 radical (unpaired) electrons. The first kappa shape index (κ1) is 13.2. The van der Waals surface area contributed by atoms with Crippen molar-refractivity contribution >= 4 is 5.69 Å². The van der Waals surface area contributed by atoms with E-state index in [0.29, 0.717) is 6.04 Å². The first-order valence-corrected chi connectivity index (χ1v) is 7.45. The summed E-state index contributed by atoms with van der Waals surface area (Å²) in [5.41, 5.74) is 6.75. The number of nitrogens with zero attached hydrogens (tertiary/aromatic N) is 3. The molecule has 1 aliphatic heterocycles. The molecule has 2 heterocycles. The Kier molecular flexibility index (Phi) is 3.28. The number of benzene rings is 1. The molecule has 0 bridgehead atoms. The van der Waals surface area contributed by atoms with Crippen LogP contribution in [0.15, 0.2) is 24.5 Å². The second kappa shape index (κ2) is 4.97. The van der Waals surface area contributed by atoms with Gasteiger partial charge in [-0.15, -0.1) is 0 Å². The SMILES string of the molecule is Cc1cc2c(cc1-c1cnn(C(C)C)c1)CCCN2C. The van der Waals surface area contributed by atoms with Crippen molar-refractivity contribution in [2.24, 2.45) is 0 Å². The van der Waals surface area contributed by atoms with Crippen LogP contribution in [0, 0.1) is 6.92 Å². The Hall–Kier alpha value is -1.77. The molecule has 3 rings (SSSR count). The van der Waals surface area contributed by atoms with Gasteiger partial charge in [0.1, 0.15) is 0 Å². The van der Waals surface area contributed by atoms with Crippen molar-refractivity contribution in [2.45, 2.75) is 39.7 Å². The predicted molar refractivity (Wildman–Crippen MR) is 84.4 cm³/mol. The standard InChI is InChI=1S/C17H23N3/c1-12(2)20-11-15(10-18-20)16-9-14-6-5-7-19(4)17(14)8-13(16)3/h8-12H,5-7H2,1-4H3. The van der Waals surface area contributed by atoms with E-state index < -0.39 is 0 Å². The smallest absolute Gasteiger partial charge is 0.0568 e. The summed E-state index contributed by atoms with van der Waals surface area (Å²) in [6.07, 6.45) is 6.58. The van der Waals surface area contributed by atoms with Gasteiger partial charge in [0.2, 0.25) is 0 Å². The van der Waals surface area contributed by atoms with Gasteiger partial charge < -0.3 is 4.90 Å². The Morgan fingerprint density at radius 2 is 2.05 bits per heavy atom. The maximum atomic E-state index is 4.47. The summed E-state index contributed by atoms with van der Waals surface area (Å²) in [4.78, 5) is 2.37. The Bertz CT molecular complexity index is 625. The highest BCUT2D eigenvalue weighted by Crippen LogP contribution is 2.33. The summed E-state index contributed by atoms with van der Waals surface area (Å²) >= 11 is 0. The van der Waals surface area contributed by atoms with Gasteiger partial charge >= 0.3 is 0 Å². The summed E-state index contributed by atoms with van der Waals surface area (Å²) in [6, 6.07) is 5.10. The molecular formula is C17H23N3. The van der Waals surface area contributed by atoms with Crippen LogP contribution in [0.1, 0.15) is 37.4 Å². The molecule has 0 unspecified atom stereocenters. The normalized spacial score (nSPS) is 14.8. The molecule has 0 N–H and O–H groups in total. The van der Waals surface area contributed by atoms with E-state index in [1.54, 1.807) is 0 Å². The third-order valence-corrected chi connectivity index (χ3v) is 4.22. The van der Waals surface area contributed by atoms with Crippen LogP contribution in [-0.2, 0) is 6.42 Å². The highest BCUT2D eigenvalue weighted by Gasteiger charge is 2.17. The number of aryl methyl sites for hydroxylation is 2. The molecule has 0 saturated heterocycles. The fourth-order valence-corrected chi connectivity index (χ4v) is 2.99. The summed E-state index contributed by atoms with van der Waals surface area (Å²) in [6.45, 7) is 7.68. The van der Waals surface area contributed by atoms with E-state index in [2.05, 4.69) is 56.1 Å². The average molecular weight is 269 g/mol. The van der Waals surface area contributed by atoms with Crippen molar-refractivity contribution in [2.75, 3.05) is 18.5 Å². The monoisotopic (exact) mass is 269 g/mol. The molecule has 0 spiro atoms. The van der Waals surface area contributed by atoms with Crippen LogP contribution < -0.4 is 4.90 Å². The number of hydrogen-bond donors (Lipinski definition) is 0. The van der Waals surface area contributed by atoms with Crippen molar-refractivity contribution < 1.29 is 0 Å². The van der Waals surface area contributed by atoms with Gasteiger partial charge in [-0.25, -0.2) is 0 Å². The van der Waals surface area contributed by atoms with Gasteiger partial charge in [-0.05, 0) is 62.4 Å². The van der Waals surface area contributed by atoms with Crippen molar-refractivity contribution in [3.05, 3.63) is 35.7 Å². The summed E-state index contributed by atoms with van der Waals surface area (Å²) < 4.78 is 2.03. The van der Waals surface area contributed by atoms with Crippen molar-refractivity contribution in [3.63, 3.8) is 0 Å². The average Bonchev–Trinajstić information content (AvgIpc) is 2.89. The molecule has 2 aromatic rings. The van der Waals surface area contributed by atoms with Crippen molar-refractivity contribution in [1.82, 2.24) is 9.78 Å². The van der Waals surface area contributed by atoms with E-state index >= 15 is 0 Å². The fourth-order valence-electron chi connectivity index (χ4n) is 2.99. The van der Waals surface area contributed by atoms with Crippen molar-refractivity contribution in [1.29, 1.82) is 0 Å². The fraction of sp³-hybridized carbons (Fsp3) is 0.471. The van der Waals surface area contributed by atoms with Crippen LogP contribution in [0.25, 0.3) is 11.1 Å². The van der Waals surface area contributed by atoms with Gasteiger partial charge in [0.15, 0.2) is 0 Å². The Morgan fingerprint density at radius 3 is 2.75 bits per heavy atom. The zero-order valence-electron chi connectivity index (χ0n) is 12.8. The maximum Gasteiger partial charge on any atom is 0.0568 e. The lowest BCUT2D eigenvalue weighted by molar-refractivity contribution is 0.532. The predicted octanol–water partition coefficient (Wildman–Crippen LogP) is 3.82. The molecule has 3 nitrogen and oxygen atoms in total. The Labute approximate surface area is 121 Å². The maximum absolute atomic E-state index is 4.47. The highest BCUT2D eigenvalue weighted by molar-refractivity contribution is 5.72. The molecule has 0 fully saturated rings. The second-order valence-electron chi connectivity index (χ2n) is 6.12. The minimum atomic E-state index is 0.410. The third kappa shape index (κ3) is 2.21.